The molecule has 1 rings (SSSR count). The minimum atomic E-state index is -4.04. The Kier molecular flexibility index (Phi) is 5.92. The highest BCUT2D eigenvalue weighted by molar-refractivity contribution is 4.84. The Labute approximate surface area is 108 Å². The van der Waals surface area contributed by atoms with E-state index in [1.54, 1.807) is 0 Å². The number of piperidine rings is 1. The van der Waals surface area contributed by atoms with Crippen LogP contribution in [-0.2, 0) is 0 Å². The van der Waals surface area contributed by atoms with Crippen molar-refractivity contribution in [3.8, 4) is 0 Å². The van der Waals surface area contributed by atoms with E-state index in [4.69, 9.17) is 0 Å². The number of rotatable bonds is 5. The number of hydrogen-bond acceptors (Lipinski definition) is 2. The van der Waals surface area contributed by atoms with Crippen molar-refractivity contribution in [3.05, 3.63) is 0 Å². The molecule has 0 spiro atoms. The minimum absolute atomic E-state index is 0.164. The molecule has 0 amide bonds. The van der Waals surface area contributed by atoms with Crippen molar-refractivity contribution in [2.24, 2.45) is 11.8 Å². The lowest BCUT2D eigenvalue weighted by atomic mass is 9.93. The van der Waals surface area contributed by atoms with Gasteiger partial charge in [0.2, 0.25) is 0 Å². The zero-order valence-electron chi connectivity index (χ0n) is 11.6. The van der Waals surface area contributed by atoms with Crippen molar-refractivity contribution in [1.29, 1.82) is 0 Å². The Morgan fingerprint density at radius 3 is 2.50 bits per heavy atom. The van der Waals surface area contributed by atoms with Crippen LogP contribution in [0.4, 0.5) is 13.2 Å². The second-order valence-electron chi connectivity index (χ2n) is 5.49. The Morgan fingerprint density at radius 2 is 2.00 bits per heavy atom. The van der Waals surface area contributed by atoms with Crippen LogP contribution >= 0.6 is 0 Å². The summed E-state index contributed by atoms with van der Waals surface area (Å²) in [4.78, 5) is 2.02. The number of nitrogens with zero attached hydrogens (tertiary/aromatic N) is 1. The van der Waals surface area contributed by atoms with Crippen LogP contribution in [0.5, 0.6) is 0 Å². The van der Waals surface area contributed by atoms with E-state index in [1.807, 2.05) is 11.8 Å². The monoisotopic (exact) mass is 266 g/mol. The van der Waals surface area contributed by atoms with Crippen LogP contribution < -0.4 is 5.32 Å². The van der Waals surface area contributed by atoms with Crippen LogP contribution in [0.15, 0.2) is 0 Å². The molecule has 1 N–H and O–H groups in total. The molecule has 2 nitrogen and oxygen atoms in total. The summed E-state index contributed by atoms with van der Waals surface area (Å²) in [6, 6.07) is 0.204. The van der Waals surface area contributed by atoms with Gasteiger partial charge in [0.25, 0.3) is 0 Å². The lowest BCUT2D eigenvalue weighted by Gasteiger charge is -2.40. The van der Waals surface area contributed by atoms with Crippen molar-refractivity contribution in [2.75, 3.05) is 26.2 Å². The molecular weight excluding hydrogens is 241 g/mol. The molecule has 2 atom stereocenters. The molecule has 0 aromatic carbocycles. The average Bonchev–Trinajstić information content (AvgIpc) is 2.28. The second-order valence-corrected chi connectivity index (χ2v) is 5.49. The van der Waals surface area contributed by atoms with E-state index >= 15 is 0 Å². The zero-order valence-corrected chi connectivity index (χ0v) is 11.6. The molecule has 1 saturated heterocycles. The zero-order chi connectivity index (χ0) is 13.8. The van der Waals surface area contributed by atoms with E-state index in [0.717, 1.165) is 19.6 Å². The third kappa shape index (κ3) is 4.43. The van der Waals surface area contributed by atoms with Gasteiger partial charge >= 0.3 is 6.18 Å². The molecule has 0 radical (unpaired) electrons. The first kappa shape index (κ1) is 15.8. The molecule has 1 heterocycles. The average molecular weight is 266 g/mol. The fourth-order valence-electron chi connectivity index (χ4n) is 2.65. The third-order valence-electron chi connectivity index (χ3n) is 3.76. The van der Waals surface area contributed by atoms with Crippen LogP contribution in [0, 0.1) is 11.8 Å². The van der Waals surface area contributed by atoms with Crippen molar-refractivity contribution in [2.45, 2.75) is 45.8 Å². The number of likely N-dealkylation sites (N-methyl/N-ethyl adjacent to an activating group) is 1. The predicted molar refractivity (Wildman–Crippen MR) is 67.5 cm³/mol. The first-order valence-electron chi connectivity index (χ1n) is 6.87. The van der Waals surface area contributed by atoms with Gasteiger partial charge in [-0.05, 0) is 31.8 Å². The molecule has 2 unspecified atom stereocenters. The SMILES string of the molecule is CCNCC(C(C)C)N1CCCC(C(F)(F)F)C1. The van der Waals surface area contributed by atoms with Gasteiger partial charge in [0, 0.05) is 19.1 Å². The normalized spacial score (nSPS) is 24.5. The summed E-state index contributed by atoms with van der Waals surface area (Å²) < 4.78 is 38.4. The van der Waals surface area contributed by atoms with Gasteiger partial charge in [0.1, 0.15) is 0 Å². The Bertz CT molecular complexity index is 241. The summed E-state index contributed by atoms with van der Waals surface area (Å²) in [7, 11) is 0. The molecule has 5 heteroatoms. The number of hydrogen-bond donors (Lipinski definition) is 1. The molecule has 0 saturated carbocycles. The molecule has 18 heavy (non-hydrogen) atoms. The van der Waals surface area contributed by atoms with Gasteiger partial charge in [-0.3, -0.25) is 4.90 Å². The van der Waals surface area contributed by atoms with E-state index in [0.29, 0.717) is 12.3 Å². The smallest absolute Gasteiger partial charge is 0.315 e. The molecular formula is C13H25F3N2. The van der Waals surface area contributed by atoms with E-state index in [9.17, 15) is 13.2 Å². The molecule has 0 bridgehead atoms. The Morgan fingerprint density at radius 1 is 1.33 bits per heavy atom. The number of alkyl halides is 3. The Balaban J connectivity index is 2.62. The van der Waals surface area contributed by atoms with Gasteiger partial charge in [0.15, 0.2) is 0 Å². The number of likely N-dealkylation sites (tertiary alicyclic amines) is 1. The van der Waals surface area contributed by atoms with Crippen molar-refractivity contribution < 1.29 is 13.2 Å². The summed E-state index contributed by atoms with van der Waals surface area (Å²) in [5.41, 5.74) is 0. The van der Waals surface area contributed by atoms with Crippen LogP contribution in [0.25, 0.3) is 0 Å². The predicted octanol–water partition coefficient (Wildman–Crippen LogP) is 2.89. The molecule has 0 aromatic rings. The molecule has 1 aliphatic rings. The highest BCUT2D eigenvalue weighted by atomic mass is 19.4. The molecule has 0 aliphatic carbocycles. The van der Waals surface area contributed by atoms with Gasteiger partial charge in [-0.1, -0.05) is 20.8 Å². The van der Waals surface area contributed by atoms with Gasteiger partial charge in [-0.25, -0.2) is 0 Å². The molecule has 108 valence electrons. The standard InChI is InChI=1S/C13H25F3N2/c1-4-17-8-12(10(2)3)18-7-5-6-11(9-18)13(14,15)16/h10-12,17H,4-9H2,1-3H3. The first-order valence-corrected chi connectivity index (χ1v) is 6.87. The summed E-state index contributed by atoms with van der Waals surface area (Å²) in [5.74, 6) is -0.773. The maximum Gasteiger partial charge on any atom is 0.393 e. The van der Waals surface area contributed by atoms with Crippen LogP contribution in [0.2, 0.25) is 0 Å². The first-order chi connectivity index (χ1) is 8.36. The number of nitrogens with one attached hydrogen (secondary N) is 1. The maximum atomic E-state index is 12.8. The lowest BCUT2D eigenvalue weighted by Crippen LogP contribution is -2.51. The lowest BCUT2D eigenvalue weighted by molar-refractivity contribution is -0.189. The van der Waals surface area contributed by atoms with E-state index < -0.39 is 12.1 Å². The Hall–Kier alpha value is -0.290. The fraction of sp³-hybridized carbons (Fsp3) is 1.00. The van der Waals surface area contributed by atoms with Gasteiger partial charge < -0.3 is 5.32 Å². The van der Waals surface area contributed by atoms with E-state index in [1.165, 1.54) is 0 Å². The highest BCUT2D eigenvalue weighted by Crippen LogP contribution is 2.34. The summed E-state index contributed by atoms with van der Waals surface area (Å²) in [6.45, 7) is 8.78. The van der Waals surface area contributed by atoms with Crippen LogP contribution in [0.3, 0.4) is 0 Å². The quantitative estimate of drug-likeness (QED) is 0.823. The topological polar surface area (TPSA) is 15.3 Å². The molecule has 0 aromatic heterocycles. The largest absolute Gasteiger partial charge is 0.393 e. The second kappa shape index (κ2) is 6.75. The minimum Gasteiger partial charge on any atom is -0.315 e. The van der Waals surface area contributed by atoms with Gasteiger partial charge in [-0.2, -0.15) is 13.2 Å². The van der Waals surface area contributed by atoms with Crippen LogP contribution in [-0.4, -0.2) is 43.3 Å². The van der Waals surface area contributed by atoms with Gasteiger partial charge in [0.05, 0.1) is 5.92 Å². The molecule has 1 fully saturated rings. The number of halogens is 3. The van der Waals surface area contributed by atoms with Crippen molar-refractivity contribution in [3.63, 3.8) is 0 Å². The van der Waals surface area contributed by atoms with Crippen molar-refractivity contribution >= 4 is 0 Å². The highest BCUT2D eigenvalue weighted by Gasteiger charge is 2.43. The third-order valence-corrected chi connectivity index (χ3v) is 3.76. The van der Waals surface area contributed by atoms with Crippen molar-refractivity contribution in [1.82, 2.24) is 10.2 Å². The summed E-state index contributed by atoms with van der Waals surface area (Å²) >= 11 is 0. The summed E-state index contributed by atoms with van der Waals surface area (Å²) in [6.07, 6.45) is -3.11. The van der Waals surface area contributed by atoms with E-state index in [-0.39, 0.29) is 19.0 Å². The van der Waals surface area contributed by atoms with Crippen LogP contribution in [0.1, 0.15) is 33.6 Å². The fourth-order valence-corrected chi connectivity index (χ4v) is 2.65. The summed E-state index contributed by atoms with van der Waals surface area (Å²) in [5, 5.41) is 3.26. The maximum absolute atomic E-state index is 12.8. The van der Waals surface area contributed by atoms with Gasteiger partial charge in [-0.15, -0.1) is 0 Å². The molecule has 1 aliphatic heterocycles. The van der Waals surface area contributed by atoms with E-state index in [2.05, 4.69) is 19.2 Å².